The predicted molar refractivity (Wildman–Crippen MR) is 84.3 cm³/mol. The lowest BCUT2D eigenvalue weighted by Gasteiger charge is -2.15. The van der Waals surface area contributed by atoms with Gasteiger partial charge in [-0.05, 0) is 37.6 Å². The summed E-state index contributed by atoms with van der Waals surface area (Å²) in [5, 5.41) is 5.10. The summed E-state index contributed by atoms with van der Waals surface area (Å²) >= 11 is 7.94. The van der Waals surface area contributed by atoms with Gasteiger partial charge in [0.1, 0.15) is 5.03 Å². The fourth-order valence-corrected chi connectivity index (χ4v) is 3.04. The summed E-state index contributed by atoms with van der Waals surface area (Å²) in [6.45, 7) is 5.28. The van der Waals surface area contributed by atoms with Crippen LogP contribution in [0.1, 0.15) is 31.9 Å². The van der Waals surface area contributed by atoms with Crippen LogP contribution >= 0.6 is 23.4 Å². The van der Waals surface area contributed by atoms with Crippen LogP contribution in [-0.4, -0.2) is 16.5 Å². The molecule has 1 aromatic carbocycles. The van der Waals surface area contributed by atoms with Crippen LogP contribution in [0.3, 0.4) is 0 Å². The number of benzene rings is 1. The van der Waals surface area contributed by atoms with Gasteiger partial charge < -0.3 is 5.32 Å². The molecule has 0 bridgehead atoms. The van der Waals surface area contributed by atoms with Gasteiger partial charge in [-0.1, -0.05) is 36.4 Å². The van der Waals surface area contributed by atoms with E-state index < -0.39 is 0 Å². The number of hydrogen-bond acceptors (Lipinski definition) is 4. The summed E-state index contributed by atoms with van der Waals surface area (Å²) in [6, 6.07) is 6.40. The van der Waals surface area contributed by atoms with Crippen molar-refractivity contribution < 1.29 is 0 Å². The molecule has 0 saturated carbocycles. The van der Waals surface area contributed by atoms with Crippen molar-refractivity contribution in [3.63, 3.8) is 0 Å². The van der Waals surface area contributed by atoms with E-state index in [1.54, 1.807) is 30.4 Å². The number of hydrogen-bond donors (Lipinski definition) is 1. The molecule has 1 N–H and O–H groups in total. The molecule has 1 atom stereocenters. The molecule has 0 radical (unpaired) electrons. The van der Waals surface area contributed by atoms with E-state index in [9.17, 15) is 0 Å². The molecule has 1 heterocycles. The summed E-state index contributed by atoms with van der Waals surface area (Å²) in [6.07, 6.45) is 6.22. The fourth-order valence-electron chi connectivity index (χ4n) is 1.85. The lowest BCUT2D eigenvalue weighted by Crippen LogP contribution is -2.19. The molecule has 5 heteroatoms. The second-order valence-corrected chi connectivity index (χ2v) is 6.01. The van der Waals surface area contributed by atoms with Gasteiger partial charge in [0, 0.05) is 28.4 Å². The molecule has 0 saturated heterocycles. The molecule has 20 heavy (non-hydrogen) atoms. The van der Waals surface area contributed by atoms with E-state index >= 15 is 0 Å². The molecular weight excluding hydrogens is 290 g/mol. The quantitative estimate of drug-likeness (QED) is 0.861. The monoisotopic (exact) mass is 307 g/mol. The van der Waals surface area contributed by atoms with E-state index in [2.05, 4.69) is 41.3 Å². The highest BCUT2D eigenvalue weighted by atomic mass is 35.5. The van der Waals surface area contributed by atoms with Gasteiger partial charge in [0.15, 0.2) is 0 Å². The van der Waals surface area contributed by atoms with Crippen LogP contribution in [0.4, 0.5) is 0 Å². The van der Waals surface area contributed by atoms with Gasteiger partial charge in [0.2, 0.25) is 0 Å². The number of nitrogens with zero attached hydrogens (tertiary/aromatic N) is 2. The first kappa shape index (κ1) is 15.3. The molecule has 0 aliphatic carbocycles. The van der Waals surface area contributed by atoms with E-state index in [0.29, 0.717) is 0 Å². The number of nitrogens with one attached hydrogen (secondary N) is 1. The van der Waals surface area contributed by atoms with Crippen molar-refractivity contribution in [2.45, 2.75) is 36.2 Å². The van der Waals surface area contributed by atoms with Gasteiger partial charge in [0.25, 0.3) is 0 Å². The average molecular weight is 308 g/mol. The van der Waals surface area contributed by atoms with Crippen LogP contribution in [0.25, 0.3) is 0 Å². The Hall–Kier alpha value is -1.10. The Morgan fingerprint density at radius 1 is 1.35 bits per heavy atom. The first-order chi connectivity index (χ1) is 9.70. The minimum Gasteiger partial charge on any atom is -0.310 e. The van der Waals surface area contributed by atoms with Crippen LogP contribution in [0.2, 0.25) is 5.02 Å². The first-order valence-electron chi connectivity index (χ1n) is 6.67. The highest BCUT2D eigenvalue weighted by Crippen LogP contribution is 2.31. The van der Waals surface area contributed by atoms with Gasteiger partial charge in [-0.2, -0.15) is 0 Å². The zero-order chi connectivity index (χ0) is 14.4. The predicted octanol–water partition coefficient (Wildman–Crippen LogP) is 4.34. The molecule has 2 rings (SSSR count). The molecule has 3 nitrogen and oxygen atoms in total. The Bertz CT molecular complexity index is 548. The lowest BCUT2D eigenvalue weighted by molar-refractivity contribution is 0.570. The van der Waals surface area contributed by atoms with Crippen LogP contribution < -0.4 is 5.32 Å². The van der Waals surface area contributed by atoms with Crippen LogP contribution in [-0.2, 0) is 0 Å². The van der Waals surface area contributed by atoms with Crippen LogP contribution in [0, 0.1) is 0 Å². The van der Waals surface area contributed by atoms with Crippen molar-refractivity contribution in [3.8, 4) is 0 Å². The van der Waals surface area contributed by atoms with Gasteiger partial charge in [0.05, 0.1) is 6.20 Å². The van der Waals surface area contributed by atoms with Crippen molar-refractivity contribution in [2.75, 3.05) is 6.54 Å². The molecule has 0 spiro atoms. The largest absolute Gasteiger partial charge is 0.310 e. The molecule has 1 aromatic heterocycles. The maximum atomic E-state index is 6.38. The van der Waals surface area contributed by atoms with Crippen molar-refractivity contribution in [2.24, 2.45) is 0 Å². The van der Waals surface area contributed by atoms with Gasteiger partial charge in [-0.3, -0.25) is 4.98 Å². The minimum absolute atomic E-state index is 0.262. The first-order valence-corrected chi connectivity index (χ1v) is 7.87. The Balaban J connectivity index is 2.09. The molecule has 1 unspecified atom stereocenters. The van der Waals surface area contributed by atoms with Gasteiger partial charge in [-0.15, -0.1) is 0 Å². The van der Waals surface area contributed by atoms with Gasteiger partial charge in [-0.25, -0.2) is 4.98 Å². The maximum Gasteiger partial charge on any atom is 0.119 e. The second-order valence-electron chi connectivity index (χ2n) is 4.50. The third-order valence-corrected chi connectivity index (χ3v) is 4.14. The molecule has 0 aliphatic heterocycles. The third-order valence-electron chi connectivity index (χ3n) is 2.90. The fraction of sp³-hybridized carbons (Fsp3) is 0.333. The SMILES string of the molecule is CCCNC(C)c1ccc(Sc2cnccn2)cc1Cl. The van der Waals surface area contributed by atoms with E-state index in [4.69, 9.17) is 11.6 Å². The van der Waals surface area contributed by atoms with Crippen molar-refractivity contribution >= 4 is 23.4 Å². The standard InChI is InChI=1S/C15H18ClN3S/c1-3-6-18-11(2)13-5-4-12(9-14(13)16)20-15-10-17-7-8-19-15/h4-5,7-11,18H,3,6H2,1-2H3. The summed E-state index contributed by atoms with van der Waals surface area (Å²) in [7, 11) is 0. The normalized spacial score (nSPS) is 12.3. The molecule has 0 aliphatic rings. The Kier molecular flexibility index (Phi) is 5.83. The van der Waals surface area contributed by atoms with Crippen molar-refractivity contribution in [1.29, 1.82) is 0 Å². The number of rotatable bonds is 6. The Morgan fingerprint density at radius 2 is 2.20 bits per heavy atom. The van der Waals surface area contributed by atoms with Crippen LogP contribution in [0.5, 0.6) is 0 Å². The highest BCUT2D eigenvalue weighted by molar-refractivity contribution is 7.99. The summed E-state index contributed by atoms with van der Waals surface area (Å²) < 4.78 is 0. The average Bonchev–Trinajstić information content (AvgIpc) is 2.46. The van der Waals surface area contributed by atoms with E-state index in [0.717, 1.165) is 33.5 Å². The number of aromatic nitrogens is 2. The van der Waals surface area contributed by atoms with Crippen LogP contribution in [0.15, 0.2) is 46.7 Å². The molecule has 0 amide bonds. The Morgan fingerprint density at radius 3 is 2.85 bits per heavy atom. The van der Waals surface area contributed by atoms with E-state index in [1.807, 2.05) is 6.07 Å². The molecule has 106 valence electrons. The highest BCUT2D eigenvalue weighted by Gasteiger charge is 2.10. The number of halogens is 1. The summed E-state index contributed by atoms with van der Waals surface area (Å²) in [4.78, 5) is 9.37. The topological polar surface area (TPSA) is 37.8 Å². The zero-order valence-corrected chi connectivity index (χ0v) is 13.2. The molecular formula is C15H18ClN3S. The summed E-state index contributed by atoms with van der Waals surface area (Å²) in [5.74, 6) is 0. The maximum absolute atomic E-state index is 6.38. The van der Waals surface area contributed by atoms with Crippen molar-refractivity contribution in [1.82, 2.24) is 15.3 Å². The lowest BCUT2D eigenvalue weighted by atomic mass is 10.1. The van der Waals surface area contributed by atoms with E-state index in [-0.39, 0.29) is 6.04 Å². The Labute approximate surface area is 129 Å². The zero-order valence-electron chi connectivity index (χ0n) is 11.6. The molecule has 2 aromatic rings. The molecule has 0 fully saturated rings. The van der Waals surface area contributed by atoms with Gasteiger partial charge >= 0.3 is 0 Å². The van der Waals surface area contributed by atoms with Crippen molar-refractivity contribution in [3.05, 3.63) is 47.4 Å². The smallest absolute Gasteiger partial charge is 0.119 e. The third kappa shape index (κ3) is 4.20. The minimum atomic E-state index is 0.262. The summed E-state index contributed by atoms with van der Waals surface area (Å²) in [5.41, 5.74) is 1.13. The van der Waals surface area contributed by atoms with E-state index in [1.165, 1.54) is 0 Å². The second kappa shape index (κ2) is 7.62.